The summed E-state index contributed by atoms with van der Waals surface area (Å²) in [5, 5.41) is 7.54. The molecule has 37 heavy (non-hydrogen) atoms. The second-order valence-electron chi connectivity index (χ2n) is 10.5. The van der Waals surface area contributed by atoms with Gasteiger partial charge in [0.05, 0.1) is 23.1 Å². The van der Waals surface area contributed by atoms with Crippen LogP contribution in [0.25, 0.3) is 5.69 Å². The van der Waals surface area contributed by atoms with Gasteiger partial charge in [0.25, 0.3) is 5.91 Å². The number of nitrogens with one attached hydrogen (secondary N) is 1. The van der Waals surface area contributed by atoms with E-state index in [1.807, 2.05) is 56.6 Å². The van der Waals surface area contributed by atoms with Gasteiger partial charge in [-0.1, -0.05) is 17.7 Å². The molecule has 3 aromatic rings. The Kier molecular flexibility index (Phi) is 7.47. The van der Waals surface area contributed by atoms with E-state index in [9.17, 15) is 14.4 Å². The molecule has 0 bridgehead atoms. The summed E-state index contributed by atoms with van der Waals surface area (Å²) in [6.45, 7) is 10.2. The van der Waals surface area contributed by atoms with Crippen LogP contribution in [-0.2, 0) is 4.74 Å². The lowest BCUT2D eigenvalue weighted by Crippen LogP contribution is -2.41. The third-order valence-electron chi connectivity index (χ3n) is 6.41. The van der Waals surface area contributed by atoms with Crippen LogP contribution >= 0.6 is 0 Å². The number of likely N-dealkylation sites (tertiary alicyclic amines) is 1. The smallest absolute Gasteiger partial charge is 0.410 e. The lowest BCUT2D eigenvalue weighted by atomic mass is 9.90. The number of nitrogens with zero attached hydrogens (tertiary/aromatic N) is 3. The summed E-state index contributed by atoms with van der Waals surface area (Å²) in [5.41, 5.74) is 3.96. The minimum atomic E-state index is -0.550. The molecule has 1 fully saturated rings. The molecule has 4 rings (SSSR count). The van der Waals surface area contributed by atoms with Crippen molar-refractivity contribution in [2.45, 2.75) is 59.0 Å². The predicted octanol–water partition coefficient (Wildman–Crippen LogP) is 5.75. The molecule has 0 unspecified atom stereocenters. The highest BCUT2D eigenvalue weighted by atomic mass is 16.6. The first-order chi connectivity index (χ1) is 17.5. The molecule has 8 heteroatoms. The van der Waals surface area contributed by atoms with Gasteiger partial charge in [-0.2, -0.15) is 5.10 Å². The quantitative estimate of drug-likeness (QED) is 0.449. The van der Waals surface area contributed by atoms with Gasteiger partial charge in [-0.3, -0.25) is 9.59 Å². The lowest BCUT2D eigenvalue weighted by molar-refractivity contribution is 0.0203. The second kappa shape index (κ2) is 10.6. The Balaban J connectivity index is 1.60. The van der Waals surface area contributed by atoms with Crippen molar-refractivity contribution in [2.24, 2.45) is 0 Å². The minimum absolute atomic E-state index is 0.0303. The molecule has 0 radical (unpaired) electrons. The molecule has 1 aliphatic rings. The number of amides is 2. The van der Waals surface area contributed by atoms with Crippen LogP contribution in [0.5, 0.6) is 0 Å². The first-order valence-electron chi connectivity index (χ1n) is 12.6. The number of hydrogen-bond acceptors (Lipinski definition) is 5. The van der Waals surface area contributed by atoms with E-state index >= 15 is 0 Å². The summed E-state index contributed by atoms with van der Waals surface area (Å²) in [4.78, 5) is 39.3. The van der Waals surface area contributed by atoms with Gasteiger partial charge in [-0.25, -0.2) is 9.48 Å². The lowest BCUT2D eigenvalue weighted by Gasteiger charge is -2.34. The molecule has 2 heterocycles. The van der Waals surface area contributed by atoms with Crippen LogP contribution in [0.15, 0.2) is 54.7 Å². The van der Waals surface area contributed by atoms with Crippen LogP contribution in [0.1, 0.15) is 78.4 Å². The topological polar surface area (TPSA) is 93.5 Å². The van der Waals surface area contributed by atoms with Crippen molar-refractivity contribution < 1.29 is 19.1 Å². The Bertz CT molecular complexity index is 1280. The van der Waals surface area contributed by atoms with E-state index in [0.29, 0.717) is 42.7 Å². The summed E-state index contributed by atoms with van der Waals surface area (Å²) in [6, 6.07) is 14.8. The Morgan fingerprint density at radius 3 is 2.16 bits per heavy atom. The number of carbonyl (C=O) groups excluding carboxylic acids is 3. The molecule has 0 atom stereocenters. The first kappa shape index (κ1) is 26.1. The number of carbonyl (C=O) groups is 3. The van der Waals surface area contributed by atoms with Crippen molar-refractivity contribution in [3.05, 3.63) is 77.1 Å². The number of Topliss-reactive ketones (excluding diaryl/α,β-unsaturated/α-hetero) is 1. The van der Waals surface area contributed by atoms with Crippen molar-refractivity contribution in [3.63, 3.8) is 0 Å². The Morgan fingerprint density at radius 1 is 0.973 bits per heavy atom. The molecular weight excluding hydrogens is 468 g/mol. The number of rotatable bonds is 5. The number of ether oxygens (including phenoxy) is 1. The highest BCUT2D eigenvalue weighted by molar-refractivity contribution is 6.05. The summed E-state index contributed by atoms with van der Waals surface area (Å²) in [7, 11) is 0. The van der Waals surface area contributed by atoms with E-state index in [1.165, 1.54) is 6.92 Å². The second-order valence-corrected chi connectivity index (χ2v) is 10.5. The summed E-state index contributed by atoms with van der Waals surface area (Å²) in [5.74, 6) is -0.265. The molecule has 1 aliphatic heterocycles. The summed E-state index contributed by atoms with van der Waals surface area (Å²) in [6.07, 6.45) is 2.66. The fourth-order valence-corrected chi connectivity index (χ4v) is 4.47. The van der Waals surface area contributed by atoms with Crippen molar-refractivity contribution in [2.75, 3.05) is 18.4 Å². The van der Waals surface area contributed by atoms with Gasteiger partial charge in [-0.05, 0) is 83.9 Å². The van der Waals surface area contributed by atoms with Gasteiger partial charge in [-0.15, -0.1) is 0 Å². The van der Waals surface area contributed by atoms with Crippen LogP contribution in [-0.4, -0.2) is 51.2 Å². The van der Waals surface area contributed by atoms with Gasteiger partial charge < -0.3 is 15.0 Å². The van der Waals surface area contributed by atoms with Crippen LogP contribution in [0.3, 0.4) is 0 Å². The van der Waals surface area contributed by atoms with E-state index in [0.717, 1.165) is 16.9 Å². The first-order valence-corrected chi connectivity index (χ1v) is 12.6. The number of piperidine rings is 1. The van der Waals surface area contributed by atoms with E-state index < -0.39 is 5.60 Å². The fraction of sp³-hybridized carbons (Fsp3) is 0.379. The summed E-state index contributed by atoms with van der Waals surface area (Å²) < 4.78 is 7.38. The molecular formula is C29H34N4O4. The van der Waals surface area contributed by atoms with Gasteiger partial charge >= 0.3 is 6.09 Å². The number of hydrogen-bond donors (Lipinski definition) is 1. The van der Waals surface area contributed by atoms with E-state index in [1.54, 1.807) is 35.4 Å². The van der Waals surface area contributed by atoms with Crippen LogP contribution in [0, 0.1) is 6.92 Å². The van der Waals surface area contributed by atoms with Crippen molar-refractivity contribution >= 4 is 23.5 Å². The van der Waals surface area contributed by atoms with E-state index in [4.69, 9.17) is 4.74 Å². The molecule has 1 aromatic heterocycles. The highest BCUT2D eigenvalue weighted by Gasteiger charge is 2.32. The standard InChI is InChI=1S/C29H34N4O4/c1-19-6-12-24(13-7-19)33-26(22-14-16-32(17-15-22)28(36)37-29(3,4)5)25(18-30-33)27(35)31-23-10-8-21(9-11-23)20(2)34/h6-13,18,22H,14-17H2,1-5H3,(H,31,35). The number of benzene rings is 2. The Morgan fingerprint density at radius 2 is 1.59 bits per heavy atom. The zero-order valence-corrected chi connectivity index (χ0v) is 22.1. The maximum atomic E-state index is 13.4. The highest BCUT2D eigenvalue weighted by Crippen LogP contribution is 2.33. The largest absolute Gasteiger partial charge is 0.444 e. The molecule has 2 amide bonds. The molecule has 1 saturated heterocycles. The summed E-state index contributed by atoms with van der Waals surface area (Å²) >= 11 is 0. The number of anilines is 1. The molecule has 1 N–H and O–H groups in total. The predicted molar refractivity (Wildman–Crippen MR) is 142 cm³/mol. The third-order valence-corrected chi connectivity index (χ3v) is 6.41. The SMILES string of the molecule is CC(=O)c1ccc(NC(=O)c2cnn(-c3ccc(C)cc3)c2C2CCN(C(=O)OC(C)(C)C)CC2)cc1. The molecule has 8 nitrogen and oxygen atoms in total. The maximum absolute atomic E-state index is 13.4. The third kappa shape index (κ3) is 6.25. The normalized spacial score (nSPS) is 14.4. The monoisotopic (exact) mass is 502 g/mol. The molecule has 0 aliphatic carbocycles. The van der Waals surface area contributed by atoms with Crippen LogP contribution in [0.2, 0.25) is 0 Å². The average Bonchev–Trinajstić information content (AvgIpc) is 3.29. The van der Waals surface area contributed by atoms with Gasteiger partial charge in [0.15, 0.2) is 5.78 Å². The Hall–Kier alpha value is -3.94. The number of aryl methyl sites for hydroxylation is 1. The maximum Gasteiger partial charge on any atom is 0.410 e. The Labute approximate surface area is 217 Å². The van der Waals surface area contributed by atoms with Crippen LogP contribution < -0.4 is 5.32 Å². The molecule has 0 saturated carbocycles. The van der Waals surface area contributed by atoms with Crippen molar-refractivity contribution in [3.8, 4) is 5.69 Å². The van der Waals surface area contributed by atoms with Crippen molar-refractivity contribution in [1.29, 1.82) is 0 Å². The molecule has 194 valence electrons. The van der Waals surface area contributed by atoms with E-state index in [-0.39, 0.29) is 23.7 Å². The zero-order chi connectivity index (χ0) is 26.7. The fourth-order valence-electron chi connectivity index (χ4n) is 4.47. The molecule has 0 spiro atoms. The van der Waals surface area contributed by atoms with Crippen LogP contribution in [0.4, 0.5) is 10.5 Å². The minimum Gasteiger partial charge on any atom is -0.444 e. The average molecular weight is 503 g/mol. The zero-order valence-electron chi connectivity index (χ0n) is 22.1. The van der Waals surface area contributed by atoms with Gasteiger partial charge in [0, 0.05) is 30.3 Å². The number of ketones is 1. The molecule has 2 aromatic carbocycles. The van der Waals surface area contributed by atoms with Gasteiger partial charge in [0.2, 0.25) is 0 Å². The van der Waals surface area contributed by atoms with Crippen molar-refractivity contribution in [1.82, 2.24) is 14.7 Å². The van der Waals surface area contributed by atoms with E-state index in [2.05, 4.69) is 10.4 Å². The number of aromatic nitrogens is 2. The van der Waals surface area contributed by atoms with Gasteiger partial charge in [0.1, 0.15) is 5.60 Å².